The van der Waals surface area contributed by atoms with Gasteiger partial charge in [0.15, 0.2) is 0 Å². The molecule has 1 saturated heterocycles. The molecule has 1 unspecified atom stereocenters. The summed E-state index contributed by atoms with van der Waals surface area (Å²) >= 11 is 1.65. The molecule has 5 nitrogen and oxygen atoms in total. The molecule has 1 aromatic heterocycles. The van der Waals surface area contributed by atoms with E-state index in [9.17, 15) is 9.59 Å². The Morgan fingerprint density at radius 1 is 1.08 bits per heavy atom. The minimum atomic E-state index is 0.0312. The molecule has 1 atom stereocenters. The maximum atomic E-state index is 12.4. The molecule has 1 N–H and O–H groups in total. The number of carbonyl (C=O) groups is 2. The number of carbonyl (C=O) groups excluding carboxylic acids is 2. The summed E-state index contributed by atoms with van der Waals surface area (Å²) in [5.74, 6) is 0.0970. The Kier molecular flexibility index (Phi) is 5.83. The quantitative estimate of drug-likeness (QED) is 0.894. The van der Waals surface area contributed by atoms with E-state index in [0.29, 0.717) is 19.6 Å². The molecule has 2 amide bonds. The van der Waals surface area contributed by atoms with Crippen LogP contribution in [0.3, 0.4) is 0 Å². The van der Waals surface area contributed by atoms with Crippen molar-refractivity contribution in [3.8, 4) is 0 Å². The van der Waals surface area contributed by atoms with Crippen LogP contribution in [-0.2, 0) is 4.79 Å². The fraction of sp³-hybridized carbons (Fsp3) is 0.368. The summed E-state index contributed by atoms with van der Waals surface area (Å²) in [7, 11) is 0. The van der Waals surface area contributed by atoms with Crippen LogP contribution in [-0.4, -0.2) is 54.3 Å². The van der Waals surface area contributed by atoms with Crippen LogP contribution >= 0.6 is 11.3 Å². The van der Waals surface area contributed by atoms with Crippen LogP contribution in [0.1, 0.15) is 28.2 Å². The van der Waals surface area contributed by atoms with Crippen molar-refractivity contribution >= 4 is 23.2 Å². The first-order valence-electron chi connectivity index (χ1n) is 8.53. The molecule has 25 heavy (non-hydrogen) atoms. The molecule has 3 rings (SSSR count). The molecule has 132 valence electrons. The highest BCUT2D eigenvalue weighted by Crippen LogP contribution is 2.18. The summed E-state index contributed by atoms with van der Waals surface area (Å²) in [4.78, 5) is 29.8. The van der Waals surface area contributed by atoms with Crippen LogP contribution in [0.4, 0.5) is 0 Å². The third-order valence-electron chi connectivity index (χ3n) is 4.39. The van der Waals surface area contributed by atoms with Crippen molar-refractivity contribution in [3.05, 3.63) is 58.3 Å². The Bertz CT molecular complexity index is 695. The van der Waals surface area contributed by atoms with Crippen LogP contribution in [0.25, 0.3) is 0 Å². The summed E-state index contributed by atoms with van der Waals surface area (Å²) in [6.45, 7) is 5.13. The molecule has 0 bridgehead atoms. The standard InChI is InChI=1S/C19H23N3O2S/c1-15(17-8-5-13-25-17)20-18(23)14-21-9-11-22(12-10-21)19(24)16-6-3-2-4-7-16/h2-8,13,15H,9-12,14H2,1H3,(H,20,23). The molecule has 2 heterocycles. The van der Waals surface area contributed by atoms with Gasteiger partial charge in [-0.05, 0) is 30.5 Å². The largest absolute Gasteiger partial charge is 0.348 e. The second kappa shape index (κ2) is 8.27. The van der Waals surface area contributed by atoms with E-state index in [-0.39, 0.29) is 17.9 Å². The van der Waals surface area contributed by atoms with Crippen molar-refractivity contribution < 1.29 is 9.59 Å². The summed E-state index contributed by atoms with van der Waals surface area (Å²) < 4.78 is 0. The van der Waals surface area contributed by atoms with Gasteiger partial charge in [0.1, 0.15) is 0 Å². The molecular formula is C19H23N3O2S. The number of rotatable bonds is 5. The number of piperazine rings is 1. The van der Waals surface area contributed by atoms with Gasteiger partial charge >= 0.3 is 0 Å². The monoisotopic (exact) mass is 357 g/mol. The number of amides is 2. The number of hydrogen-bond acceptors (Lipinski definition) is 4. The van der Waals surface area contributed by atoms with E-state index in [1.807, 2.05) is 59.7 Å². The lowest BCUT2D eigenvalue weighted by molar-refractivity contribution is -0.123. The second-order valence-electron chi connectivity index (χ2n) is 6.24. The first-order chi connectivity index (χ1) is 12.1. The van der Waals surface area contributed by atoms with Crippen molar-refractivity contribution in [3.63, 3.8) is 0 Å². The van der Waals surface area contributed by atoms with E-state index in [0.717, 1.165) is 23.5 Å². The molecule has 1 fully saturated rings. The molecule has 0 radical (unpaired) electrons. The molecule has 1 aromatic carbocycles. The number of nitrogens with one attached hydrogen (secondary N) is 1. The van der Waals surface area contributed by atoms with Crippen LogP contribution in [0.2, 0.25) is 0 Å². The SMILES string of the molecule is CC(NC(=O)CN1CCN(C(=O)c2ccccc2)CC1)c1cccs1. The number of benzene rings is 1. The molecule has 1 aliphatic heterocycles. The minimum absolute atomic E-state index is 0.0312. The maximum Gasteiger partial charge on any atom is 0.253 e. The molecular weight excluding hydrogens is 334 g/mol. The molecule has 1 aliphatic rings. The van der Waals surface area contributed by atoms with E-state index in [1.54, 1.807) is 11.3 Å². The van der Waals surface area contributed by atoms with Crippen LogP contribution < -0.4 is 5.32 Å². The summed E-state index contributed by atoms with van der Waals surface area (Å²) in [5, 5.41) is 5.05. The second-order valence-corrected chi connectivity index (χ2v) is 7.22. The first-order valence-corrected chi connectivity index (χ1v) is 9.41. The zero-order chi connectivity index (χ0) is 17.6. The van der Waals surface area contributed by atoms with Crippen molar-refractivity contribution in [2.75, 3.05) is 32.7 Å². The normalized spacial score (nSPS) is 16.4. The van der Waals surface area contributed by atoms with E-state index in [1.165, 1.54) is 0 Å². The molecule has 6 heteroatoms. The average Bonchev–Trinajstić information content (AvgIpc) is 3.17. The highest BCUT2D eigenvalue weighted by atomic mass is 32.1. The fourth-order valence-electron chi connectivity index (χ4n) is 2.97. The van der Waals surface area contributed by atoms with Gasteiger partial charge in [-0.15, -0.1) is 11.3 Å². The van der Waals surface area contributed by atoms with Gasteiger partial charge in [-0.3, -0.25) is 14.5 Å². The third-order valence-corrected chi connectivity index (χ3v) is 5.45. The van der Waals surface area contributed by atoms with Gasteiger partial charge in [-0.25, -0.2) is 0 Å². The smallest absolute Gasteiger partial charge is 0.253 e. The van der Waals surface area contributed by atoms with Gasteiger partial charge in [-0.1, -0.05) is 24.3 Å². The summed E-state index contributed by atoms with van der Waals surface area (Å²) in [6.07, 6.45) is 0. The van der Waals surface area contributed by atoms with Gasteiger partial charge in [0.05, 0.1) is 12.6 Å². The average molecular weight is 357 g/mol. The van der Waals surface area contributed by atoms with Crippen LogP contribution in [0.5, 0.6) is 0 Å². The van der Waals surface area contributed by atoms with Crippen LogP contribution in [0, 0.1) is 0 Å². The number of hydrogen-bond donors (Lipinski definition) is 1. The Labute approximate surface area is 152 Å². The van der Waals surface area contributed by atoms with Crippen molar-refractivity contribution in [2.24, 2.45) is 0 Å². The van der Waals surface area contributed by atoms with Gasteiger partial charge in [0.25, 0.3) is 5.91 Å². The highest BCUT2D eigenvalue weighted by Gasteiger charge is 2.23. The fourth-order valence-corrected chi connectivity index (χ4v) is 3.71. The minimum Gasteiger partial charge on any atom is -0.348 e. The number of nitrogens with zero attached hydrogens (tertiary/aromatic N) is 2. The summed E-state index contributed by atoms with van der Waals surface area (Å²) in [5.41, 5.74) is 0.721. The van der Waals surface area contributed by atoms with Crippen molar-refractivity contribution in [1.82, 2.24) is 15.1 Å². The van der Waals surface area contributed by atoms with E-state index in [2.05, 4.69) is 10.2 Å². The zero-order valence-corrected chi connectivity index (χ0v) is 15.2. The topological polar surface area (TPSA) is 52.7 Å². The van der Waals surface area contributed by atoms with E-state index < -0.39 is 0 Å². The van der Waals surface area contributed by atoms with Gasteiger partial charge in [0.2, 0.25) is 5.91 Å². The zero-order valence-electron chi connectivity index (χ0n) is 14.4. The first kappa shape index (κ1) is 17.6. The molecule has 0 spiro atoms. The Morgan fingerprint density at radius 2 is 1.80 bits per heavy atom. The lowest BCUT2D eigenvalue weighted by Gasteiger charge is -2.34. The molecule has 0 aliphatic carbocycles. The lowest BCUT2D eigenvalue weighted by atomic mass is 10.2. The lowest BCUT2D eigenvalue weighted by Crippen LogP contribution is -2.51. The molecule has 2 aromatic rings. The van der Waals surface area contributed by atoms with E-state index >= 15 is 0 Å². The van der Waals surface area contributed by atoms with Crippen molar-refractivity contribution in [2.45, 2.75) is 13.0 Å². The Balaban J connectivity index is 1.44. The summed E-state index contributed by atoms with van der Waals surface area (Å²) in [6, 6.07) is 13.4. The van der Waals surface area contributed by atoms with Gasteiger partial charge < -0.3 is 10.2 Å². The van der Waals surface area contributed by atoms with Gasteiger partial charge in [0, 0.05) is 36.6 Å². The molecule has 0 saturated carbocycles. The Morgan fingerprint density at radius 3 is 2.44 bits per heavy atom. The maximum absolute atomic E-state index is 12.4. The van der Waals surface area contributed by atoms with Crippen LogP contribution in [0.15, 0.2) is 47.8 Å². The number of thiophene rings is 1. The predicted molar refractivity (Wildman–Crippen MR) is 99.7 cm³/mol. The Hall–Kier alpha value is -2.18. The van der Waals surface area contributed by atoms with E-state index in [4.69, 9.17) is 0 Å². The third kappa shape index (κ3) is 4.67. The van der Waals surface area contributed by atoms with Gasteiger partial charge in [-0.2, -0.15) is 0 Å². The highest BCUT2D eigenvalue weighted by molar-refractivity contribution is 7.10. The predicted octanol–water partition coefficient (Wildman–Crippen LogP) is 2.38. The van der Waals surface area contributed by atoms with Crippen molar-refractivity contribution in [1.29, 1.82) is 0 Å².